The number of benzene rings is 1. The van der Waals surface area contributed by atoms with Crippen LogP contribution in [-0.4, -0.2) is 22.4 Å². The van der Waals surface area contributed by atoms with Crippen LogP contribution in [0.5, 0.6) is 5.75 Å². The monoisotopic (exact) mass is 332 g/mol. The van der Waals surface area contributed by atoms with E-state index in [0.29, 0.717) is 12.5 Å². The maximum absolute atomic E-state index is 12.0. The molecule has 2 aromatic rings. The number of aryl methyl sites for hydroxylation is 1. The number of carbonyl (C=O) groups is 1. The molecular weight excluding hydrogens is 312 g/mol. The third-order valence-electron chi connectivity index (χ3n) is 4.66. The molecule has 2 aliphatic carbocycles. The summed E-state index contributed by atoms with van der Waals surface area (Å²) < 4.78 is 5.92. The van der Waals surface area contributed by atoms with Gasteiger partial charge in [0.2, 0.25) is 0 Å². The Morgan fingerprint density at radius 1 is 1.22 bits per heavy atom. The topological polar surface area (TPSA) is 55.0 Å². The number of Topliss-reactive ketones (excluding diaryl/α,β-unsaturated/α-hetero) is 1. The lowest BCUT2D eigenvalue weighted by atomic mass is 9.90. The molecule has 122 valence electrons. The van der Waals surface area contributed by atoms with Gasteiger partial charge in [-0.3, -0.25) is 4.79 Å². The van der Waals surface area contributed by atoms with Gasteiger partial charge in [0.05, 0.1) is 18.6 Å². The normalized spacial score (nSPS) is 19.6. The number of carbonyl (C=O) groups excluding carboxylic acids is 1. The van der Waals surface area contributed by atoms with E-state index >= 15 is 0 Å². The second-order valence-electron chi connectivity index (χ2n) is 6.33. The molecule has 5 heteroatoms. The van der Waals surface area contributed by atoms with Gasteiger partial charge >= 0.3 is 0 Å². The minimum Gasteiger partial charge on any atom is -0.493 e. The first-order valence-electron chi connectivity index (χ1n) is 8.10. The van der Waals surface area contributed by atoms with Crippen molar-refractivity contribution in [2.45, 2.75) is 38.0 Å². The van der Waals surface area contributed by atoms with Gasteiger partial charge in [-0.25, -0.2) is 4.98 Å². The molecule has 1 unspecified atom stereocenters. The summed E-state index contributed by atoms with van der Waals surface area (Å²) in [5.41, 5.74) is 3.22. The number of hydrogen-bond acceptors (Lipinski definition) is 3. The van der Waals surface area contributed by atoms with Crippen LogP contribution in [0.15, 0.2) is 30.6 Å². The van der Waals surface area contributed by atoms with Crippen LogP contribution in [0.2, 0.25) is 0 Å². The van der Waals surface area contributed by atoms with Crippen molar-refractivity contribution in [3.63, 3.8) is 0 Å². The van der Waals surface area contributed by atoms with Crippen LogP contribution in [0.25, 0.3) is 0 Å². The molecule has 1 N–H and O–H groups in total. The number of aromatic amines is 1. The van der Waals surface area contributed by atoms with E-state index in [-0.39, 0.29) is 24.1 Å². The summed E-state index contributed by atoms with van der Waals surface area (Å²) in [5, 5.41) is 0. The van der Waals surface area contributed by atoms with Gasteiger partial charge in [-0.05, 0) is 56.4 Å². The number of ether oxygens (including phenoxy) is 1. The molecule has 1 saturated carbocycles. The fourth-order valence-electron chi connectivity index (χ4n) is 3.20. The third kappa shape index (κ3) is 3.42. The average molecular weight is 333 g/mol. The summed E-state index contributed by atoms with van der Waals surface area (Å²) in [6.07, 6.45) is 7.26. The standard InChI is InChI=1S/C18H20N2O2.ClH/c21-18(12-4-5-12)13-6-8-15(9-7-13)22-10-14-2-1-3-16-17(14)20-11-19-16;/h6-9,11-12,14H,1-5,10H2,(H,19,20);1H. The van der Waals surface area contributed by atoms with Crippen molar-refractivity contribution in [1.82, 2.24) is 9.97 Å². The van der Waals surface area contributed by atoms with E-state index in [2.05, 4.69) is 9.97 Å². The zero-order valence-corrected chi connectivity index (χ0v) is 13.8. The Hall–Kier alpha value is -1.81. The van der Waals surface area contributed by atoms with Crippen LogP contribution < -0.4 is 4.74 Å². The molecule has 1 atom stereocenters. The summed E-state index contributed by atoms with van der Waals surface area (Å²) in [7, 11) is 0. The lowest BCUT2D eigenvalue weighted by Crippen LogP contribution is -2.16. The van der Waals surface area contributed by atoms with E-state index in [0.717, 1.165) is 42.7 Å². The van der Waals surface area contributed by atoms with Gasteiger partial charge in [0.25, 0.3) is 0 Å². The smallest absolute Gasteiger partial charge is 0.165 e. The predicted octanol–water partition coefficient (Wildman–Crippen LogP) is 3.92. The number of imidazole rings is 1. The molecule has 0 amide bonds. The Morgan fingerprint density at radius 3 is 2.74 bits per heavy atom. The first-order valence-corrected chi connectivity index (χ1v) is 8.10. The Balaban J connectivity index is 0.00000156. The summed E-state index contributed by atoms with van der Waals surface area (Å²) in [6, 6.07) is 7.58. The second-order valence-corrected chi connectivity index (χ2v) is 6.33. The molecule has 1 heterocycles. The molecule has 4 rings (SSSR count). The average Bonchev–Trinajstić information content (AvgIpc) is 3.30. The molecule has 0 saturated heterocycles. The molecule has 1 fully saturated rings. The Kier molecular flexibility index (Phi) is 4.71. The SMILES string of the molecule is Cl.O=C(c1ccc(OCC2CCCc3[nH]cnc32)cc1)C1CC1. The van der Waals surface area contributed by atoms with Crippen LogP contribution >= 0.6 is 12.4 Å². The highest BCUT2D eigenvalue weighted by Crippen LogP contribution is 2.33. The molecule has 1 aromatic heterocycles. The summed E-state index contributed by atoms with van der Waals surface area (Å²) in [5.74, 6) is 1.74. The maximum Gasteiger partial charge on any atom is 0.165 e. The van der Waals surface area contributed by atoms with E-state index in [1.807, 2.05) is 24.3 Å². The van der Waals surface area contributed by atoms with Crippen LogP contribution in [0.3, 0.4) is 0 Å². The van der Waals surface area contributed by atoms with E-state index in [9.17, 15) is 4.79 Å². The van der Waals surface area contributed by atoms with Crippen molar-refractivity contribution in [3.8, 4) is 5.75 Å². The predicted molar refractivity (Wildman–Crippen MR) is 90.5 cm³/mol. The fourth-order valence-corrected chi connectivity index (χ4v) is 3.20. The largest absolute Gasteiger partial charge is 0.493 e. The number of H-pyrrole nitrogens is 1. The van der Waals surface area contributed by atoms with Gasteiger partial charge in [0.15, 0.2) is 5.78 Å². The Bertz CT molecular complexity index is 677. The van der Waals surface area contributed by atoms with Crippen molar-refractivity contribution in [2.75, 3.05) is 6.61 Å². The van der Waals surface area contributed by atoms with E-state index in [1.54, 1.807) is 6.33 Å². The molecule has 0 bridgehead atoms. The van der Waals surface area contributed by atoms with Crippen LogP contribution in [-0.2, 0) is 6.42 Å². The summed E-state index contributed by atoms with van der Waals surface area (Å²) >= 11 is 0. The fraction of sp³-hybridized carbons (Fsp3) is 0.444. The lowest BCUT2D eigenvalue weighted by molar-refractivity contribution is 0.0967. The number of fused-ring (bicyclic) bond motifs is 1. The molecule has 23 heavy (non-hydrogen) atoms. The minimum atomic E-state index is 0. The number of hydrogen-bond donors (Lipinski definition) is 1. The molecule has 0 radical (unpaired) electrons. The number of ketones is 1. The summed E-state index contributed by atoms with van der Waals surface area (Å²) in [6.45, 7) is 0.647. The highest BCUT2D eigenvalue weighted by molar-refractivity contribution is 5.99. The van der Waals surface area contributed by atoms with Crippen molar-refractivity contribution in [2.24, 2.45) is 5.92 Å². The van der Waals surface area contributed by atoms with Gasteiger partial charge in [0, 0.05) is 23.1 Å². The molecule has 2 aliphatic rings. The Morgan fingerprint density at radius 2 is 2.00 bits per heavy atom. The van der Waals surface area contributed by atoms with Gasteiger partial charge < -0.3 is 9.72 Å². The second kappa shape index (κ2) is 6.75. The van der Waals surface area contributed by atoms with E-state index < -0.39 is 0 Å². The zero-order valence-electron chi connectivity index (χ0n) is 13.0. The highest BCUT2D eigenvalue weighted by Gasteiger charge is 2.30. The van der Waals surface area contributed by atoms with Crippen LogP contribution in [0.4, 0.5) is 0 Å². The maximum atomic E-state index is 12.0. The molecule has 1 aromatic carbocycles. The quantitative estimate of drug-likeness (QED) is 0.844. The van der Waals surface area contributed by atoms with Gasteiger partial charge in [-0.2, -0.15) is 0 Å². The van der Waals surface area contributed by atoms with Gasteiger partial charge in [-0.15, -0.1) is 12.4 Å². The van der Waals surface area contributed by atoms with E-state index in [4.69, 9.17) is 4.74 Å². The zero-order chi connectivity index (χ0) is 14.9. The van der Waals surface area contributed by atoms with E-state index in [1.165, 1.54) is 12.1 Å². The lowest BCUT2D eigenvalue weighted by Gasteiger charge is -2.21. The van der Waals surface area contributed by atoms with Crippen molar-refractivity contribution in [3.05, 3.63) is 47.5 Å². The van der Waals surface area contributed by atoms with Crippen molar-refractivity contribution < 1.29 is 9.53 Å². The number of nitrogens with one attached hydrogen (secondary N) is 1. The van der Waals surface area contributed by atoms with Crippen molar-refractivity contribution >= 4 is 18.2 Å². The van der Waals surface area contributed by atoms with Gasteiger partial charge in [0.1, 0.15) is 5.75 Å². The van der Waals surface area contributed by atoms with Gasteiger partial charge in [-0.1, -0.05) is 0 Å². The number of nitrogens with zero attached hydrogens (tertiary/aromatic N) is 1. The first-order chi connectivity index (χ1) is 10.8. The number of aromatic nitrogens is 2. The highest BCUT2D eigenvalue weighted by atomic mass is 35.5. The van der Waals surface area contributed by atoms with Crippen LogP contribution in [0.1, 0.15) is 53.3 Å². The molecule has 0 aliphatic heterocycles. The van der Waals surface area contributed by atoms with Crippen molar-refractivity contribution in [1.29, 1.82) is 0 Å². The Labute approximate surface area is 142 Å². The third-order valence-corrected chi connectivity index (χ3v) is 4.66. The molecule has 0 spiro atoms. The molecular formula is C18H21ClN2O2. The van der Waals surface area contributed by atoms with Crippen LogP contribution in [0, 0.1) is 5.92 Å². The molecule has 4 nitrogen and oxygen atoms in total. The number of rotatable bonds is 5. The first kappa shape index (κ1) is 16.1. The number of halogens is 1. The minimum absolute atomic E-state index is 0. The summed E-state index contributed by atoms with van der Waals surface area (Å²) in [4.78, 5) is 19.6.